The molecule has 0 unspecified atom stereocenters. The van der Waals surface area contributed by atoms with Crippen LogP contribution in [0.5, 0.6) is 0 Å². The first-order valence-corrected chi connectivity index (χ1v) is 8.25. The van der Waals surface area contributed by atoms with Crippen LogP contribution in [-0.4, -0.2) is 0 Å². The molecule has 0 N–H and O–H groups in total. The van der Waals surface area contributed by atoms with Crippen molar-refractivity contribution in [2.45, 2.75) is 0 Å². The molecular formula is Cr3O12Os2-6. The minimum Gasteiger partial charge on any atom is 0 e. The summed E-state index contributed by atoms with van der Waals surface area (Å²) >= 11 is -17.2. The zero-order valence-electron chi connectivity index (χ0n) is 6.83. The van der Waals surface area contributed by atoms with E-state index in [9.17, 15) is 0 Å². The zero-order chi connectivity index (χ0) is 13.5. The number of hydrogen-bond donors (Lipinski definition) is 0. The summed E-state index contributed by atoms with van der Waals surface area (Å²) in [5.41, 5.74) is 0. The molecule has 0 spiro atoms. The third-order valence-electron chi connectivity index (χ3n) is 0. The van der Waals surface area contributed by atoms with Crippen LogP contribution in [0.2, 0.25) is 0 Å². The van der Waals surface area contributed by atoms with Crippen molar-refractivity contribution >= 4 is 0 Å². The second-order valence-electron chi connectivity index (χ2n) is 1.22. The van der Waals surface area contributed by atoms with E-state index in [1.54, 1.807) is 0 Å². The van der Waals surface area contributed by atoms with Gasteiger partial charge in [-0.05, 0) is 0 Å². The van der Waals surface area contributed by atoms with Crippen LogP contribution >= 0.6 is 0 Å². The van der Waals surface area contributed by atoms with Crippen LogP contribution in [0.25, 0.3) is 0 Å². The quantitative estimate of drug-likeness (QED) is 0.226. The van der Waals surface area contributed by atoms with Crippen molar-refractivity contribution in [1.82, 2.24) is 0 Å². The monoisotopic (exact) mass is 732 g/mol. The van der Waals surface area contributed by atoms with Crippen molar-refractivity contribution in [1.29, 1.82) is 0 Å². The van der Waals surface area contributed by atoms with Gasteiger partial charge in [0.15, 0.2) is 0 Å². The maximum absolute atomic E-state index is 8.59. The van der Waals surface area contributed by atoms with Crippen molar-refractivity contribution in [3.8, 4) is 0 Å². The minimum atomic E-state index is -5.75. The predicted octanol–water partition coefficient (Wildman–Crippen LogP) is -7.86. The summed E-state index contributed by atoms with van der Waals surface area (Å²) in [6.45, 7) is 0. The summed E-state index contributed by atoms with van der Waals surface area (Å²) in [4.78, 5) is 0. The molecule has 0 aliphatic rings. The van der Waals surface area contributed by atoms with Gasteiger partial charge in [0.2, 0.25) is 0 Å². The van der Waals surface area contributed by atoms with Crippen molar-refractivity contribution in [3.05, 3.63) is 0 Å². The molecule has 0 aliphatic carbocycles. The van der Waals surface area contributed by atoms with Crippen molar-refractivity contribution in [3.63, 3.8) is 0 Å². The molecule has 0 aromatic rings. The molecule has 0 fully saturated rings. The minimum absolute atomic E-state index is 0. The van der Waals surface area contributed by atoms with Gasteiger partial charge in [0.25, 0.3) is 0 Å². The van der Waals surface area contributed by atoms with E-state index in [0.717, 1.165) is 0 Å². The Balaban J connectivity index is -0.0000000400. The summed E-state index contributed by atoms with van der Waals surface area (Å²) in [6, 6.07) is 0. The summed E-state index contributed by atoms with van der Waals surface area (Å²) in [6.07, 6.45) is 0. The first-order valence-electron chi connectivity index (χ1n) is 2.00. The Morgan fingerprint density at radius 2 is 0.412 bits per heavy atom. The van der Waals surface area contributed by atoms with Gasteiger partial charge in [0.05, 0.1) is 0 Å². The maximum Gasteiger partial charge on any atom is 0 e. The first kappa shape index (κ1) is 31.0. The van der Waals surface area contributed by atoms with E-state index in [2.05, 4.69) is 0 Å². The topological polar surface area (TPSA) is 241 Å². The predicted molar refractivity (Wildman–Crippen MR) is 4.12 cm³/mol. The van der Waals surface area contributed by atoms with Gasteiger partial charge in [-0.25, -0.2) is 0 Å². The fourth-order valence-electron chi connectivity index (χ4n) is 0. The average molecular weight is 728 g/mol. The van der Waals surface area contributed by atoms with E-state index >= 15 is 0 Å². The van der Waals surface area contributed by atoms with Gasteiger partial charge in [-0.2, -0.15) is 0 Å². The molecule has 112 valence electrons. The standard InChI is InChI=1S/3Cr.12O.2Os/q;;;;;;;;;6*-1;;. The SMILES string of the molecule is [O]=[Cr](=[O])([O-])[O-].[O]=[Cr](=[O])([O-])[O-].[O]=[Cr](=[O])([O-])[O-].[Os].[Os]. The Morgan fingerprint density at radius 1 is 0.412 bits per heavy atom. The van der Waals surface area contributed by atoms with Crippen LogP contribution in [0, 0.1) is 0 Å². The van der Waals surface area contributed by atoms with Gasteiger partial charge in [-0.3, -0.25) is 0 Å². The Labute approximate surface area is 127 Å². The second kappa shape index (κ2) is 12.5. The molecule has 0 aliphatic heterocycles. The Morgan fingerprint density at radius 3 is 0.412 bits per heavy atom. The maximum atomic E-state index is 8.59. The van der Waals surface area contributed by atoms with E-state index in [4.69, 9.17) is 47.8 Å². The van der Waals surface area contributed by atoms with Crippen molar-refractivity contribution in [2.75, 3.05) is 0 Å². The molecule has 0 aromatic heterocycles. The van der Waals surface area contributed by atoms with Gasteiger partial charge < -0.3 is 0 Å². The molecule has 0 saturated carbocycles. The summed E-state index contributed by atoms with van der Waals surface area (Å²) in [5.74, 6) is 0. The van der Waals surface area contributed by atoms with Crippen LogP contribution in [0.4, 0.5) is 0 Å². The molecule has 17 heavy (non-hydrogen) atoms. The fraction of sp³-hybridized carbons (Fsp3) is 0. The van der Waals surface area contributed by atoms with Gasteiger partial charge in [0.1, 0.15) is 0 Å². The van der Waals surface area contributed by atoms with Crippen LogP contribution in [-0.2, 0) is 103 Å². The molecule has 12 nitrogen and oxygen atoms in total. The Kier molecular flexibility index (Phi) is 22.8. The normalized spacial score (nSPS) is 10.2. The van der Waals surface area contributed by atoms with E-state index < -0.39 is 40.8 Å². The van der Waals surface area contributed by atoms with Gasteiger partial charge >= 0.3 is 88.6 Å². The Bertz CT molecular complexity index is 341. The molecule has 0 heterocycles. The third kappa shape index (κ3) is 2030. The van der Waals surface area contributed by atoms with Crippen LogP contribution in [0.1, 0.15) is 0 Å². The Hall–Kier alpha value is 1.43. The zero-order valence-corrected chi connectivity index (χ0v) is 15.7. The molecular weight excluding hydrogens is 728 g/mol. The van der Waals surface area contributed by atoms with Crippen LogP contribution in [0.15, 0.2) is 0 Å². The van der Waals surface area contributed by atoms with Gasteiger partial charge in [-0.1, -0.05) is 0 Å². The molecule has 0 bridgehead atoms. The smallest absolute Gasteiger partial charge is 0 e. The van der Waals surface area contributed by atoms with E-state index in [0.29, 0.717) is 0 Å². The van der Waals surface area contributed by atoms with Crippen LogP contribution < -0.4 is 24.9 Å². The van der Waals surface area contributed by atoms with E-state index in [1.807, 2.05) is 0 Å². The molecule has 0 aromatic carbocycles. The summed E-state index contributed by atoms with van der Waals surface area (Å²) in [7, 11) is 0. The van der Waals surface area contributed by atoms with E-state index in [-0.39, 0.29) is 39.6 Å². The van der Waals surface area contributed by atoms with Gasteiger partial charge in [-0.15, -0.1) is 0 Å². The van der Waals surface area contributed by atoms with Crippen molar-refractivity contribution in [2.24, 2.45) is 0 Å². The summed E-state index contributed by atoms with van der Waals surface area (Å²) in [5, 5.41) is 0. The van der Waals surface area contributed by atoms with Crippen molar-refractivity contribution < 1.29 is 128 Å². The molecule has 0 amide bonds. The third-order valence-corrected chi connectivity index (χ3v) is 0. The fourth-order valence-corrected chi connectivity index (χ4v) is 0. The summed E-state index contributed by atoms with van der Waals surface area (Å²) < 4.78 is 103. The first-order chi connectivity index (χ1) is 6.00. The molecule has 0 radical (unpaired) electrons. The molecule has 0 saturated heterocycles. The molecule has 17 heteroatoms. The molecule has 0 atom stereocenters. The largest absolute Gasteiger partial charge is 0 e. The van der Waals surface area contributed by atoms with Gasteiger partial charge in [0, 0.05) is 39.6 Å². The number of rotatable bonds is 0. The average Bonchev–Trinajstić information content (AvgIpc) is 1.41. The van der Waals surface area contributed by atoms with E-state index in [1.165, 1.54) is 0 Å². The number of hydrogen-bond acceptors (Lipinski definition) is 12. The van der Waals surface area contributed by atoms with Crippen LogP contribution in [0.3, 0.4) is 0 Å². The second-order valence-corrected chi connectivity index (χ2v) is 5.05. The molecule has 0 rings (SSSR count).